The van der Waals surface area contributed by atoms with Gasteiger partial charge in [0.15, 0.2) is 0 Å². The van der Waals surface area contributed by atoms with Crippen LogP contribution in [0.1, 0.15) is 25.7 Å². The van der Waals surface area contributed by atoms with Crippen molar-refractivity contribution in [3.8, 4) is 0 Å². The van der Waals surface area contributed by atoms with Crippen molar-refractivity contribution in [1.82, 2.24) is 10.6 Å². The number of anilines is 2. The maximum absolute atomic E-state index is 12.0. The lowest BCUT2D eigenvalue weighted by Crippen LogP contribution is -2.35. The zero-order valence-corrected chi connectivity index (χ0v) is 13.6. The number of carbonyl (C=O) groups excluding carboxylic acids is 2. The van der Waals surface area contributed by atoms with Crippen LogP contribution >= 0.6 is 0 Å². The van der Waals surface area contributed by atoms with E-state index >= 15 is 0 Å². The normalized spacial score (nSPS) is 23.0. The van der Waals surface area contributed by atoms with Crippen LogP contribution in [-0.2, 0) is 9.53 Å². The lowest BCUT2D eigenvalue weighted by atomic mass is 10.2. The molecule has 2 heterocycles. The molecule has 2 aliphatic heterocycles. The smallest absolute Gasteiger partial charge is 0.319 e. The van der Waals surface area contributed by atoms with Gasteiger partial charge in [0.25, 0.3) is 0 Å². The molecular weight excluding hydrogens is 308 g/mol. The van der Waals surface area contributed by atoms with Crippen LogP contribution in [0, 0.1) is 0 Å². The number of carbonyl (C=O) groups is 2. The van der Waals surface area contributed by atoms with Gasteiger partial charge in [-0.05, 0) is 56.5 Å². The van der Waals surface area contributed by atoms with E-state index in [4.69, 9.17) is 4.74 Å². The molecule has 0 saturated carbocycles. The van der Waals surface area contributed by atoms with Crippen LogP contribution in [0.25, 0.3) is 0 Å². The first-order valence-electron chi connectivity index (χ1n) is 8.51. The summed E-state index contributed by atoms with van der Waals surface area (Å²) in [6.07, 6.45) is 4.07. The highest BCUT2D eigenvalue weighted by atomic mass is 16.5. The van der Waals surface area contributed by atoms with Crippen molar-refractivity contribution in [2.24, 2.45) is 0 Å². The van der Waals surface area contributed by atoms with E-state index in [1.807, 2.05) is 0 Å². The fraction of sp³-hybridized carbons (Fsp3) is 0.529. The van der Waals surface area contributed by atoms with Crippen molar-refractivity contribution in [2.75, 3.05) is 30.3 Å². The molecule has 2 saturated heterocycles. The molecule has 130 valence electrons. The van der Waals surface area contributed by atoms with Crippen molar-refractivity contribution in [3.05, 3.63) is 24.3 Å². The first kappa shape index (κ1) is 16.7. The molecule has 3 rings (SSSR count). The molecule has 4 N–H and O–H groups in total. The summed E-state index contributed by atoms with van der Waals surface area (Å²) >= 11 is 0. The van der Waals surface area contributed by atoms with Crippen molar-refractivity contribution >= 4 is 23.3 Å². The van der Waals surface area contributed by atoms with Gasteiger partial charge in [0.05, 0.1) is 12.1 Å². The summed E-state index contributed by atoms with van der Waals surface area (Å²) in [6, 6.07) is 6.74. The molecule has 0 aliphatic carbocycles. The predicted octanol–water partition coefficient (Wildman–Crippen LogP) is 1.68. The Morgan fingerprint density at radius 2 is 1.83 bits per heavy atom. The van der Waals surface area contributed by atoms with Crippen LogP contribution in [0.2, 0.25) is 0 Å². The third-order valence-electron chi connectivity index (χ3n) is 4.30. The summed E-state index contributed by atoms with van der Waals surface area (Å²) < 4.78 is 5.46. The first-order chi connectivity index (χ1) is 11.7. The Labute approximate surface area is 141 Å². The fourth-order valence-electron chi connectivity index (χ4n) is 2.96. The second kappa shape index (κ2) is 8.12. The van der Waals surface area contributed by atoms with Gasteiger partial charge in [-0.2, -0.15) is 0 Å². The van der Waals surface area contributed by atoms with Crippen molar-refractivity contribution in [3.63, 3.8) is 0 Å². The average Bonchev–Trinajstić information content (AvgIpc) is 3.28. The van der Waals surface area contributed by atoms with Crippen LogP contribution < -0.4 is 21.3 Å². The molecule has 1 aromatic rings. The Hall–Kier alpha value is -2.12. The Balaban J connectivity index is 1.43. The summed E-state index contributed by atoms with van der Waals surface area (Å²) in [4.78, 5) is 23.9. The quantitative estimate of drug-likeness (QED) is 0.660. The molecule has 7 heteroatoms. The molecule has 2 atom stereocenters. The van der Waals surface area contributed by atoms with Gasteiger partial charge in [-0.15, -0.1) is 0 Å². The Morgan fingerprint density at radius 3 is 2.46 bits per heavy atom. The standard InChI is InChI=1S/C17H24N4O3/c22-16(15-4-1-9-18-15)20-12-5-7-13(8-6-12)21-17(23)19-11-14-3-2-10-24-14/h5-8,14-15,18H,1-4,9-11H2,(H,20,22)(H2,19,21,23). The number of nitrogens with one attached hydrogen (secondary N) is 4. The van der Waals surface area contributed by atoms with Crippen molar-refractivity contribution in [2.45, 2.75) is 37.8 Å². The fourth-order valence-corrected chi connectivity index (χ4v) is 2.96. The van der Waals surface area contributed by atoms with Gasteiger partial charge in [0, 0.05) is 24.5 Å². The molecule has 2 fully saturated rings. The number of ether oxygens (including phenoxy) is 1. The molecule has 0 aromatic heterocycles. The average molecular weight is 332 g/mol. The van der Waals surface area contributed by atoms with Crippen LogP contribution in [0.5, 0.6) is 0 Å². The monoisotopic (exact) mass is 332 g/mol. The molecule has 3 amide bonds. The Morgan fingerprint density at radius 1 is 1.08 bits per heavy atom. The summed E-state index contributed by atoms with van der Waals surface area (Å²) in [5.74, 6) is -0.0116. The molecular formula is C17H24N4O3. The number of hydrogen-bond donors (Lipinski definition) is 4. The highest BCUT2D eigenvalue weighted by Crippen LogP contribution is 2.15. The topological polar surface area (TPSA) is 91.5 Å². The number of urea groups is 1. The second-order valence-electron chi connectivity index (χ2n) is 6.19. The van der Waals surface area contributed by atoms with Gasteiger partial charge in [0.2, 0.25) is 5.91 Å². The van der Waals surface area contributed by atoms with E-state index in [0.29, 0.717) is 12.2 Å². The van der Waals surface area contributed by atoms with E-state index in [9.17, 15) is 9.59 Å². The van der Waals surface area contributed by atoms with Crippen molar-refractivity contribution in [1.29, 1.82) is 0 Å². The molecule has 7 nitrogen and oxygen atoms in total. The van der Waals surface area contributed by atoms with E-state index in [1.165, 1.54) is 0 Å². The van der Waals surface area contributed by atoms with Crippen LogP contribution in [0.15, 0.2) is 24.3 Å². The maximum atomic E-state index is 12.0. The Kier molecular flexibility index (Phi) is 5.66. The molecule has 2 aliphatic rings. The zero-order chi connectivity index (χ0) is 16.8. The van der Waals surface area contributed by atoms with E-state index in [2.05, 4.69) is 21.3 Å². The first-order valence-corrected chi connectivity index (χ1v) is 8.51. The second-order valence-corrected chi connectivity index (χ2v) is 6.19. The molecule has 1 aromatic carbocycles. The zero-order valence-electron chi connectivity index (χ0n) is 13.6. The SMILES string of the molecule is O=C(NCC1CCCO1)Nc1ccc(NC(=O)C2CCCN2)cc1. The molecule has 0 spiro atoms. The molecule has 0 radical (unpaired) electrons. The van der Waals surface area contributed by atoms with Gasteiger partial charge < -0.3 is 26.0 Å². The molecule has 0 bridgehead atoms. The van der Waals surface area contributed by atoms with E-state index in [0.717, 1.165) is 44.5 Å². The third-order valence-corrected chi connectivity index (χ3v) is 4.30. The lowest BCUT2D eigenvalue weighted by Gasteiger charge is -2.13. The maximum Gasteiger partial charge on any atom is 0.319 e. The highest BCUT2D eigenvalue weighted by Gasteiger charge is 2.21. The minimum atomic E-state index is -0.252. The summed E-state index contributed by atoms with van der Waals surface area (Å²) in [6.45, 7) is 2.19. The van der Waals surface area contributed by atoms with Gasteiger partial charge in [-0.3, -0.25) is 4.79 Å². The summed E-state index contributed by atoms with van der Waals surface area (Å²) in [5.41, 5.74) is 1.40. The van der Waals surface area contributed by atoms with E-state index < -0.39 is 0 Å². The van der Waals surface area contributed by atoms with Gasteiger partial charge in [-0.25, -0.2) is 4.79 Å². The minimum absolute atomic E-state index is 0.0116. The largest absolute Gasteiger partial charge is 0.376 e. The molecule has 2 unspecified atom stereocenters. The third kappa shape index (κ3) is 4.69. The van der Waals surface area contributed by atoms with Gasteiger partial charge in [-0.1, -0.05) is 0 Å². The number of rotatable bonds is 5. The van der Waals surface area contributed by atoms with Crippen LogP contribution in [-0.4, -0.2) is 43.8 Å². The summed E-state index contributed by atoms with van der Waals surface area (Å²) in [5, 5.41) is 11.6. The highest BCUT2D eigenvalue weighted by molar-refractivity contribution is 5.95. The van der Waals surface area contributed by atoms with Crippen LogP contribution in [0.4, 0.5) is 16.2 Å². The van der Waals surface area contributed by atoms with Gasteiger partial charge in [0.1, 0.15) is 0 Å². The van der Waals surface area contributed by atoms with E-state index in [1.54, 1.807) is 24.3 Å². The summed E-state index contributed by atoms with van der Waals surface area (Å²) in [7, 11) is 0. The van der Waals surface area contributed by atoms with Crippen LogP contribution in [0.3, 0.4) is 0 Å². The number of hydrogen-bond acceptors (Lipinski definition) is 4. The predicted molar refractivity (Wildman–Crippen MR) is 92.1 cm³/mol. The number of amides is 3. The lowest BCUT2D eigenvalue weighted by molar-refractivity contribution is -0.117. The Bertz CT molecular complexity index is 564. The van der Waals surface area contributed by atoms with Gasteiger partial charge >= 0.3 is 6.03 Å². The molecule has 24 heavy (non-hydrogen) atoms. The minimum Gasteiger partial charge on any atom is -0.376 e. The number of benzene rings is 1. The van der Waals surface area contributed by atoms with E-state index in [-0.39, 0.29) is 24.1 Å². The van der Waals surface area contributed by atoms with Crippen molar-refractivity contribution < 1.29 is 14.3 Å².